The van der Waals surface area contributed by atoms with Gasteiger partial charge in [0, 0.05) is 24.2 Å². The van der Waals surface area contributed by atoms with Gasteiger partial charge in [-0.2, -0.15) is 0 Å². The molecule has 0 aliphatic carbocycles. The highest BCUT2D eigenvalue weighted by Crippen LogP contribution is 2.21. The lowest BCUT2D eigenvalue weighted by Crippen LogP contribution is -2.34. The summed E-state index contributed by atoms with van der Waals surface area (Å²) in [5, 5.41) is 5.26. The average Bonchev–Trinajstić information content (AvgIpc) is 3.23. The van der Waals surface area contributed by atoms with Crippen molar-refractivity contribution in [1.29, 1.82) is 0 Å². The van der Waals surface area contributed by atoms with Gasteiger partial charge in [-0.25, -0.2) is 0 Å². The molecule has 1 unspecified atom stereocenters. The largest absolute Gasteiger partial charge is 0.454 e. The van der Waals surface area contributed by atoms with Crippen LogP contribution in [0.15, 0.2) is 42.5 Å². The molecule has 0 aromatic heterocycles. The van der Waals surface area contributed by atoms with Crippen LogP contribution >= 0.6 is 0 Å². The Hall–Kier alpha value is -3.68. The van der Waals surface area contributed by atoms with Crippen LogP contribution in [0, 0.1) is 13.8 Å². The lowest BCUT2D eigenvalue weighted by Gasteiger charge is -2.16. The Morgan fingerprint density at radius 3 is 2.42 bits per heavy atom. The van der Waals surface area contributed by atoms with Crippen molar-refractivity contribution in [1.82, 2.24) is 10.6 Å². The fourth-order valence-corrected chi connectivity index (χ4v) is 3.57. The standard InChI is InChI=1S/C25H29N3O5/c1-16-6-7-20(13-17(16)2)18(3)27-22(29)15-33-24(31)14-26-25(32)19-8-10-21(11-9-19)28-12-4-5-23(28)30/h6-11,13,18H,4-5,12,14-15H2,1-3H3,(H,26,32)(H,27,29). The number of anilines is 1. The average molecular weight is 452 g/mol. The molecule has 33 heavy (non-hydrogen) atoms. The summed E-state index contributed by atoms with van der Waals surface area (Å²) >= 11 is 0. The highest BCUT2D eigenvalue weighted by Gasteiger charge is 2.21. The van der Waals surface area contributed by atoms with Crippen molar-refractivity contribution < 1.29 is 23.9 Å². The SMILES string of the molecule is Cc1ccc(C(C)NC(=O)COC(=O)CNC(=O)c2ccc(N3CCCC3=O)cc2)cc1C. The van der Waals surface area contributed by atoms with Crippen molar-refractivity contribution in [2.75, 3.05) is 24.6 Å². The summed E-state index contributed by atoms with van der Waals surface area (Å²) in [7, 11) is 0. The molecule has 2 aromatic carbocycles. The van der Waals surface area contributed by atoms with Crippen LogP contribution in [0.2, 0.25) is 0 Å². The van der Waals surface area contributed by atoms with Crippen molar-refractivity contribution in [3.63, 3.8) is 0 Å². The summed E-state index contributed by atoms with van der Waals surface area (Å²) in [5.74, 6) is -1.51. The zero-order valence-electron chi connectivity index (χ0n) is 19.1. The number of nitrogens with one attached hydrogen (secondary N) is 2. The van der Waals surface area contributed by atoms with E-state index in [0.29, 0.717) is 18.5 Å². The first-order valence-corrected chi connectivity index (χ1v) is 11.0. The first-order chi connectivity index (χ1) is 15.7. The maximum absolute atomic E-state index is 12.3. The van der Waals surface area contributed by atoms with Crippen LogP contribution < -0.4 is 15.5 Å². The Kier molecular flexibility index (Phi) is 7.82. The lowest BCUT2D eigenvalue weighted by atomic mass is 10.0. The maximum Gasteiger partial charge on any atom is 0.325 e. The Morgan fingerprint density at radius 2 is 1.79 bits per heavy atom. The molecular weight excluding hydrogens is 422 g/mol. The minimum atomic E-state index is -0.711. The second kappa shape index (κ2) is 10.8. The zero-order chi connectivity index (χ0) is 24.0. The molecular formula is C25H29N3O5. The van der Waals surface area contributed by atoms with E-state index in [1.807, 2.05) is 39.0 Å². The van der Waals surface area contributed by atoms with Crippen LogP contribution in [-0.2, 0) is 19.1 Å². The Morgan fingerprint density at radius 1 is 1.06 bits per heavy atom. The van der Waals surface area contributed by atoms with E-state index in [1.54, 1.807) is 29.2 Å². The van der Waals surface area contributed by atoms with Gasteiger partial charge in [0.1, 0.15) is 6.54 Å². The summed E-state index contributed by atoms with van der Waals surface area (Å²) in [4.78, 5) is 49.8. The number of carbonyl (C=O) groups excluding carboxylic acids is 4. The number of benzene rings is 2. The van der Waals surface area contributed by atoms with Gasteiger partial charge in [-0.3, -0.25) is 19.2 Å². The summed E-state index contributed by atoms with van der Waals surface area (Å²) < 4.78 is 4.96. The Labute approximate surface area is 193 Å². The van der Waals surface area contributed by atoms with E-state index < -0.39 is 24.4 Å². The molecule has 174 valence electrons. The lowest BCUT2D eigenvalue weighted by molar-refractivity contribution is -0.147. The summed E-state index contributed by atoms with van der Waals surface area (Å²) in [6.07, 6.45) is 1.36. The number of amides is 3. The fourth-order valence-electron chi connectivity index (χ4n) is 3.57. The molecule has 1 atom stereocenters. The van der Waals surface area contributed by atoms with Crippen LogP contribution in [0.5, 0.6) is 0 Å². The molecule has 2 aromatic rings. The normalized spacial score (nSPS) is 14.0. The molecule has 8 heteroatoms. The highest BCUT2D eigenvalue weighted by molar-refractivity contribution is 5.98. The number of rotatable bonds is 8. The smallest absolute Gasteiger partial charge is 0.325 e. The van der Waals surface area contributed by atoms with Gasteiger partial charge in [-0.05, 0) is 68.1 Å². The van der Waals surface area contributed by atoms with Crippen LogP contribution in [0.1, 0.15) is 52.9 Å². The number of ether oxygens (including phenoxy) is 1. The summed E-state index contributed by atoms with van der Waals surface area (Å²) in [6, 6.07) is 12.3. The zero-order valence-corrected chi connectivity index (χ0v) is 19.1. The topological polar surface area (TPSA) is 105 Å². The minimum Gasteiger partial charge on any atom is -0.454 e. The van der Waals surface area contributed by atoms with E-state index in [4.69, 9.17) is 4.74 Å². The molecule has 1 aliphatic rings. The Balaban J connectivity index is 1.40. The van der Waals surface area contributed by atoms with Gasteiger partial charge < -0.3 is 20.3 Å². The van der Waals surface area contributed by atoms with Crippen molar-refractivity contribution in [3.05, 3.63) is 64.7 Å². The van der Waals surface area contributed by atoms with Gasteiger partial charge >= 0.3 is 5.97 Å². The number of hydrogen-bond donors (Lipinski definition) is 2. The van der Waals surface area contributed by atoms with Crippen molar-refractivity contribution in [2.45, 2.75) is 39.7 Å². The number of nitrogens with zero attached hydrogens (tertiary/aromatic N) is 1. The minimum absolute atomic E-state index is 0.0716. The van der Waals surface area contributed by atoms with E-state index in [2.05, 4.69) is 10.6 Å². The molecule has 1 fully saturated rings. The highest BCUT2D eigenvalue weighted by atomic mass is 16.5. The quantitative estimate of drug-likeness (QED) is 0.601. The molecule has 1 heterocycles. The van der Waals surface area contributed by atoms with E-state index in [-0.39, 0.29) is 18.5 Å². The van der Waals surface area contributed by atoms with E-state index in [1.165, 1.54) is 5.56 Å². The molecule has 0 saturated carbocycles. The molecule has 2 N–H and O–H groups in total. The van der Waals surface area contributed by atoms with Crippen molar-refractivity contribution in [2.24, 2.45) is 0 Å². The van der Waals surface area contributed by atoms with Gasteiger partial charge in [-0.15, -0.1) is 0 Å². The molecule has 1 aliphatic heterocycles. The second-order valence-corrected chi connectivity index (χ2v) is 8.17. The third-order valence-electron chi connectivity index (χ3n) is 5.68. The third-order valence-corrected chi connectivity index (χ3v) is 5.68. The van der Waals surface area contributed by atoms with Gasteiger partial charge in [0.2, 0.25) is 5.91 Å². The number of esters is 1. The molecule has 0 bridgehead atoms. The Bertz CT molecular complexity index is 1050. The molecule has 0 radical (unpaired) electrons. The van der Waals surface area contributed by atoms with Gasteiger partial charge in [-0.1, -0.05) is 18.2 Å². The summed E-state index contributed by atoms with van der Waals surface area (Å²) in [5.41, 5.74) is 4.37. The van der Waals surface area contributed by atoms with E-state index >= 15 is 0 Å². The van der Waals surface area contributed by atoms with E-state index in [0.717, 1.165) is 23.2 Å². The van der Waals surface area contributed by atoms with Gasteiger partial charge in [0.05, 0.1) is 6.04 Å². The number of aryl methyl sites for hydroxylation is 2. The van der Waals surface area contributed by atoms with E-state index in [9.17, 15) is 19.2 Å². The van der Waals surface area contributed by atoms with Gasteiger partial charge in [0.25, 0.3) is 11.8 Å². The van der Waals surface area contributed by atoms with Gasteiger partial charge in [0.15, 0.2) is 6.61 Å². The second-order valence-electron chi connectivity index (χ2n) is 8.17. The maximum atomic E-state index is 12.3. The van der Waals surface area contributed by atoms with Crippen molar-refractivity contribution in [3.8, 4) is 0 Å². The molecule has 1 saturated heterocycles. The predicted molar refractivity (Wildman–Crippen MR) is 124 cm³/mol. The van der Waals surface area contributed by atoms with Crippen LogP contribution in [0.4, 0.5) is 5.69 Å². The molecule has 8 nitrogen and oxygen atoms in total. The molecule has 0 spiro atoms. The number of carbonyl (C=O) groups is 4. The summed E-state index contributed by atoms with van der Waals surface area (Å²) in [6.45, 7) is 5.77. The predicted octanol–water partition coefficient (Wildman–Crippen LogP) is 2.58. The fraction of sp³-hybridized carbons (Fsp3) is 0.360. The third kappa shape index (κ3) is 6.41. The monoisotopic (exact) mass is 451 g/mol. The van der Waals surface area contributed by atoms with Crippen molar-refractivity contribution >= 4 is 29.4 Å². The number of hydrogen-bond acceptors (Lipinski definition) is 5. The first kappa shape index (κ1) is 24.0. The van der Waals surface area contributed by atoms with Crippen LogP contribution in [-0.4, -0.2) is 43.4 Å². The first-order valence-electron chi connectivity index (χ1n) is 11.0. The van der Waals surface area contributed by atoms with Crippen LogP contribution in [0.3, 0.4) is 0 Å². The molecule has 3 amide bonds. The molecule has 3 rings (SSSR count). The van der Waals surface area contributed by atoms with Crippen LogP contribution in [0.25, 0.3) is 0 Å².